The first-order valence-corrected chi connectivity index (χ1v) is 10.9. The van der Waals surface area contributed by atoms with Gasteiger partial charge in [0.1, 0.15) is 6.61 Å². The number of aryl methyl sites for hydroxylation is 1. The quantitative estimate of drug-likeness (QED) is 0.363. The first kappa shape index (κ1) is 22.5. The molecule has 2 aromatic carbocycles. The lowest BCUT2D eigenvalue weighted by molar-refractivity contribution is 0.269. The third-order valence-electron chi connectivity index (χ3n) is 4.40. The Morgan fingerprint density at radius 1 is 1.07 bits per heavy atom. The molecule has 30 heavy (non-hydrogen) atoms. The normalized spacial score (nSPS) is 10.8. The molecule has 1 heterocycles. The van der Waals surface area contributed by atoms with Crippen LogP contribution in [0.2, 0.25) is 10.0 Å². The molecule has 0 bridgehead atoms. The molecule has 0 aliphatic rings. The molecule has 0 amide bonds. The van der Waals surface area contributed by atoms with Gasteiger partial charge in [0.2, 0.25) is 4.77 Å². The van der Waals surface area contributed by atoms with Crippen LogP contribution in [-0.4, -0.2) is 21.5 Å². The number of aromatic nitrogens is 3. The fraction of sp³-hybridized carbons (Fsp3) is 0.333. The molecular weight excluding hydrogens is 443 g/mol. The summed E-state index contributed by atoms with van der Waals surface area (Å²) in [5.41, 5.74) is 5.03. The van der Waals surface area contributed by atoms with Crippen molar-refractivity contribution >= 4 is 35.4 Å². The van der Waals surface area contributed by atoms with E-state index in [-0.39, 0.29) is 0 Å². The summed E-state index contributed by atoms with van der Waals surface area (Å²) >= 11 is 18.1. The molecule has 0 unspecified atom stereocenters. The second kappa shape index (κ2) is 10.7. The Morgan fingerprint density at radius 3 is 2.57 bits per heavy atom. The van der Waals surface area contributed by atoms with Gasteiger partial charge < -0.3 is 14.9 Å². The van der Waals surface area contributed by atoms with E-state index in [4.69, 9.17) is 44.9 Å². The lowest BCUT2D eigenvalue weighted by Crippen LogP contribution is -2.18. The van der Waals surface area contributed by atoms with Gasteiger partial charge in [-0.15, -0.1) is 0 Å². The minimum Gasteiger partial charge on any atom is -0.490 e. The molecule has 0 fully saturated rings. The van der Waals surface area contributed by atoms with E-state index in [2.05, 4.69) is 22.5 Å². The first-order chi connectivity index (χ1) is 14.5. The summed E-state index contributed by atoms with van der Waals surface area (Å²) in [6.45, 7) is 5.29. The molecular formula is C21H24Cl2N4O2S. The number of halogens is 2. The molecule has 0 saturated heterocycles. The number of hydrogen-bond acceptors (Lipinski definition) is 5. The van der Waals surface area contributed by atoms with E-state index in [0.29, 0.717) is 46.1 Å². The molecule has 6 nitrogen and oxygen atoms in total. The van der Waals surface area contributed by atoms with Crippen molar-refractivity contribution in [3.63, 3.8) is 0 Å². The van der Waals surface area contributed by atoms with Crippen LogP contribution in [0.15, 0.2) is 36.4 Å². The van der Waals surface area contributed by atoms with Gasteiger partial charge >= 0.3 is 0 Å². The van der Waals surface area contributed by atoms with E-state index in [1.807, 2.05) is 37.3 Å². The van der Waals surface area contributed by atoms with Crippen molar-refractivity contribution in [1.29, 1.82) is 0 Å². The highest BCUT2D eigenvalue weighted by molar-refractivity contribution is 7.71. The molecule has 1 aromatic heterocycles. The molecule has 2 N–H and O–H groups in total. The smallest absolute Gasteiger partial charge is 0.214 e. The second-order valence-electron chi connectivity index (χ2n) is 6.57. The summed E-state index contributed by atoms with van der Waals surface area (Å²) in [7, 11) is 0. The number of hydrogen-bond donors (Lipinski definition) is 2. The highest BCUT2D eigenvalue weighted by atomic mass is 35.5. The highest BCUT2D eigenvalue weighted by Gasteiger charge is 2.13. The summed E-state index contributed by atoms with van der Waals surface area (Å²) in [5, 5.41) is 8.29. The standard InChI is InChI=1S/C21H24Cl2N4O2S/c1-3-7-20-25-26-21(30)27(20)24-12-15-10-18(28-4-2)19(11-17(15)23)29-13-14-8-5-6-9-16(14)22/h5-6,8-11,24H,3-4,7,12-13H2,1-2H3,(H,26,30). The van der Waals surface area contributed by atoms with Gasteiger partial charge in [0.15, 0.2) is 17.3 Å². The van der Waals surface area contributed by atoms with Crippen molar-refractivity contribution in [3.8, 4) is 11.5 Å². The van der Waals surface area contributed by atoms with E-state index < -0.39 is 0 Å². The highest BCUT2D eigenvalue weighted by Crippen LogP contribution is 2.34. The van der Waals surface area contributed by atoms with Crippen LogP contribution in [0.4, 0.5) is 0 Å². The average molecular weight is 467 g/mol. The topological polar surface area (TPSA) is 64.1 Å². The zero-order valence-corrected chi connectivity index (χ0v) is 19.2. The average Bonchev–Trinajstić information content (AvgIpc) is 3.08. The molecule has 0 saturated carbocycles. The summed E-state index contributed by atoms with van der Waals surface area (Å²) in [5.74, 6) is 2.04. The molecule has 0 atom stereocenters. The Hall–Kier alpha value is -2.22. The third kappa shape index (κ3) is 5.47. The van der Waals surface area contributed by atoms with Gasteiger partial charge in [-0.3, -0.25) is 5.10 Å². The molecule has 9 heteroatoms. The Kier molecular flexibility index (Phi) is 8.01. The fourth-order valence-electron chi connectivity index (χ4n) is 2.91. The van der Waals surface area contributed by atoms with Gasteiger partial charge in [-0.1, -0.05) is 48.3 Å². The Balaban J connectivity index is 1.78. The number of H-pyrrole nitrogens is 1. The van der Waals surface area contributed by atoms with Crippen LogP contribution in [0, 0.1) is 4.77 Å². The number of nitrogens with zero attached hydrogens (tertiary/aromatic N) is 2. The van der Waals surface area contributed by atoms with Crippen molar-refractivity contribution in [2.24, 2.45) is 0 Å². The van der Waals surface area contributed by atoms with E-state index >= 15 is 0 Å². The maximum atomic E-state index is 6.54. The molecule has 0 radical (unpaired) electrons. The largest absolute Gasteiger partial charge is 0.490 e. The van der Waals surface area contributed by atoms with Crippen LogP contribution in [0.25, 0.3) is 0 Å². The Bertz CT molecular complexity index is 1050. The van der Waals surface area contributed by atoms with Crippen LogP contribution in [-0.2, 0) is 19.6 Å². The van der Waals surface area contributed by atoms with Crippen LogP contribution in [0.5, 0.6) is 11.5 Å². The Labute approximate surface area is 191 Å². The predicted octanol–water partition coefficient (Wildman–Crippen LogP) is 5.92. The van der Waals surface area contributed by atoms with E-state index in [9.17, 15) is 0 Å². The fourth-order valence-corrected chi connectivity index (χ4v) is 3.54. The molecule has 0 spiro atoms. The number of rotatable bonds is 10. The number of nitrogens with one attached hydrogen (secondary N) is 2. The van der Waals surface area contributed by atoms with Crippen LogP contribution in [0.3, 0.4) is 0 Å². The molecule has 3 aromatic rings. The van der Waals surface area contributed by atoms with E-state index in [1.165, 1.54) is 0 Å². The number of aromatic amines is 1. The van der Waals surface area contributed by atoms with Gasteiger partial charge in [0.25, 0.3) is 0 Å². The van der Waals surface area contributed by atoms with Gasteiger partial charge in [0.05, 0.1) is 13.2 Å². The zero-order valence-electron chi connectivity index (χ0n) is 16.9. The monoisotopic (exact) mass is 466 g/mol. The van der Waals surface area contributed by atoms with Crippen molar-refractivity contribution in [3.05, 3.63) is 68.2 Å². The molecule has 0 aliphatic carbocycles. The van der Waals surface area contributed by atoms with Crippen LogP contribution in [0.1, 0.15) is 37.2 Å². The summed E-state index contributed by atoms with van der Waals surface area (Å²) in [6.07, 6.45) is 1.78. The Morgan fingerprint density at radius 2 is 1.83 bits per heavy atom. The zero-order chi connectivity index (χ0) is 21.5. The van der Waals surface area contributed by atoms with Gasteiger partial charge in [-0.25, -0.2) is 4.68 Å². The van der Waals surface area contributed by atoms with E-state index in [0.717, 1.165) is 29.8 Å². The van der Waals surface area contributed by atoms with Gasteiger partial charge in [-0.05, 0) is 43.3 Å². The van der Waals surface area contributed by atoms with Crippen LogP contribution >= 0.6 is 35.4 Å². The van der Waals surface area contributed by atoms with E-state index in [1.54, 1.807) is 10.7 Å². The third-order valence-corrected chi connectivity index (χ3v) is 5.39. The number of ether oxygens (including phenoxy) is 2. The minimum atomic E-state index is 0.318. The van der Waals surface area contributed by atoms with Gasteiger partial charge in [-0.2, -0.15) is 5.10 Å². The van der Waals surface area contributed by atoms with Gasteiger partial charge in [0, 0.05) is 28.1 Å². The maximum absolute atomic E-state index is 6.54. The molecule has 3 rings (SSSR count). The first-order valence-electron chi connectivity index (χ1n) is 9.75. The number of benzene rings is 2. The molecule has 0 aliphatic heterocycles. The van der Waals surface area contributed by atoms with Crippen molar-refractivity contribution < 1.29 is 9.47 Å². The second-order valence-corrected chi connectivity index (χ2v) is 7.77. The summed E-state index contributed by atoms with van der Waals surface area (Å²) < 4.78 is 14.0. The minimum absolute atomic E-state index is 0.318. The SMILES string of the molecule is CCCc1n[nH]c(=S)n1NCc1cc(OCC)c(OCc2ccccc2Cl)cc1Cl. The lowest BCUT2D eigenvalue weighted by Gasteiger charge is -2.16. The molecule has 160 valence electrons. The summed E-state index contributed by atoms with van der Waals surface area (Å²) in [4.78, 5) is 0. The maximum Gasteiger partial charge on any atom is 0.214 e. The van der Waals surface area contributed by atoms with Crippen molar-refractivity contribution in [2.75, 3.05) is 12.0 Å². The van der Waals surface area contributed by atoms with Crippen LogP contribution < -0.4 is 14.9 Å². The lowest BCUT2D eigenvalue weighted by atomic mass is 10.2. The van der Waals surface area contributed by atoms with Crippen molar-refractivity contribution in [1.82, 2.24) is 14.9 Å². The van der Waals surface area contributed by atoms with Crippen molar-refractivity contribution in [2.45, 2.75) is 39.8 Å². The summed E-state index contributed by atoms with van der Waals surface area (Å²) in [6, 6.07) is 11.2. The predicted molar refractivity (Wildman–Crippen MR) is 123 cm³/mol.